The minimum atomic E-state index is -4.43. The number of rotatable bonds is 8. The van der Waals surface area contributed by atoms with Gasteiger partial charge in [-0.25, -0.2) is 0 Å². The van der Waals surface area contributed by atoms with Gasteiger partial charge in [-0.3, -0.25) is 15.5 Å². The number of methoxy groups -OCH3 is 1. The van der Waals surface area contributed by atoms with Crippen molar-refractivity contribution >= 4 is 17.6 Å². The zero-order valence-electron chi connectivity index (χ0n) is 17.7. The molecule has 1 N–H and O–H groups in total. The zero-order valence-corrected chi connectivity index (χ0v) is 17.7. The average Bonchev–Trinajstić information content (AvgIpc) is 2.77. The van der Waals surface area contributed by atoms with Gasteiger partial charge in [0.15, 0.2) is 5.75 Å². The van der Waals surface area contributed by atoms with Gasteiger partial charge in [-0.15, -0.1) is 0 Å². The van der Waals surface area contributed by atoms with Gasteiger partial charge in [-0.2, -0.15) is 18.3 Å². The predicted octanol–water partition coefficient (Wildman–Crippen LogP) is 5.96. The van der Waals surface area contributed by atoms with Crippen LogP contribution >= 0.6 is 0 Å². The molecule has 0 heterocycles. The molecule has 3 aromatic rings. The number of halogens is 3. The minimum Gasteiger partial charge on any atom is -0.493 e. The first-order valence-corrected chi connectivity index (χ1v) is 9.68. The van der Waals surface area contributed by atoms with Gasteiger partial charge in [0.1, 0.15) is 6.61 Å². The molecule has 7 nitrogen and oxygen atoms in total. The first kappa shape index (κ1) is 23.6. The van der Waals surface area contributed by atoms with Gasteiger partial charge < -0.3 is 9.47 Å². The van der Waals surface area contributed by atoms with E-state index >= 15 is 0 Å². The molecule has 0 amide bonds. The van der Waals surface area contributed by atoms with Crippen LogP contribution in [0, 0.1) is 17.0 Å². The maximum absolute atomic E-state index is 12.6. The standard InChI is InChI=1S/C23H20F3N3O4/c1-15-4-3-5-16(10-15)14-33-22-20(29(30)31)11-17(12-21(22)32-2)13-27-28-19-8-6-18(7-9-19)23(24,25)26/h3-13,28H,14H2,1-2H3. The number of nitrogens with one attached hydrogen (secondary N) is 1. The molecule has 10 heteroatoms. The van der Waals surface area contributed by atoms with Gasteiger partial charge in [0.25, 0.3) is 0 Å². The van der Waals surface area contributed by atoms with Crippen molar-refractivity contribution in [3.8, 4) is 11.5 Å². The Morgan fingerprint density at radius 3 is 2.45 bits per heavy atom. The van der Waals surface area contributed by atoms with Crippen LogP contribution in [0.5, 0.6) is 11.5 Å². The molecule has 0 bridgehead atoms. The van der Waals surface area contributed by atoms with Crippen LogP contribution < -0.4 is 14.9 Å². The summed E-state index contributed by atoms with van der Waals surface area (Å²) in [4.78, 5) is 11.0. The summed E-state index contributed by atoms with van der Waals surface area (Å²) in [6, 6.07) is 14.6. The van der Waals surface area contributed by atoms with Crippen molar-refractivity contribution in [3.63, 3.8) is 0 Å². The molecule has 0 aliphatic carbocycles. The first-order valence-electron chi connectivity index (χ1n) is 9.68. The van der Waals surface area contributed by atoms with Gasteiger partial charge >= 0.3 is 11.9 Å². The lowest BCUT2D eigenvalue weighted by Gasteiger charge is -2.12. The molecule has 0 aliphatic rings. The maximum atomic E-state index is 12.6. The van der Waals surface area contributed by atoms with E-state index in [1.54, 1.807) is 0 Å². The molecule has 3 aromatic carbocycles. The SMILES string of the molecule is COc1cc(C=NNc2ccc(C(F)(F)F)cc2)cc([N+](=O)[O-])c1OCc1cccc(C)c1. The summed E-state index contributed by atoms with van der Waals surface area (Å²) in [5.74, 6) is 0.129. The zero-order chi connectivity index (χ0) is 24.0. The second kappa shape index (κ2) is 10.0. The quantitative estimate of drug-likeness (QED) is 0.255. The second-order valence-corrected chi connectivity index (χ2v) is 7.05. The molecule has 0 aliphatic heterocycles. The molecule has 0 unspecified atom stereocenters. The molecule has 33 heavy (non-hydrogen) atoms. The van der Waals surface area contributed by atoms with Crippen molar-refractivity contribution in [1.29, 1.82) is 0 Å². The smallest absolute Gasteiger partial charge is 0.416 e. The maximum Gasteiger partial charge on any atom is 0.416 e. The molecule has 0 atom stereocenters. The van der Waals surface area contributed by atoms with Gasteiger partial charge in [0.2, 0.25) is 5.75 Å². The number of hydrogen-bond acceptors (Lipinski definition) is 6. The second-order valence-electron chi connectivity index (χ2n) is 7.05. The number of alkyl halides is 3. The van der Waals surface area contributed by atoms with Crippen LogP contribution in [0.4, 0.5) is 24.5 Å². The van der Waals surface area contributed by atoms with Crippen LogP contribution in [0.1, 0.15) is 22.3 Å². The fraction of sp³-hybridized carbons (Fsp3) is 0.174. The van der Waals surface area contributed by atoms with Gasteiger partial charge in [0.05, 0.1) is 29.5 Å². The number of aryl methyl sites for hydroxylation is 1. The van der Waals surface area contributed by atoms with Crippen LogP contribution in [-0.2, 0) is 12.8 Å². The van der Waals surface area contributed by atoms with E-state index in [0.717, 1.165) is 23.3 Å². The van der Waals surface area contributed by atoms with E-state index in [-0.39, 0.29) is 23.8 Å². The molecule has 172 valence electrons. The summed E-state index contributed by atoms with van der Waals surface area (Å²) in [6.07, 6.45) is -3.14. The van der Waals surface area contributed by atoms with Crippen LogP contribution in [0.25, 0.3) is 0 Å². The molecule has 3 rings (SSSR count). The van der Waals surface area contributed by atoms with Gasteiger partial charge in [0, 0.05) is 11.6 Å². The third kappa shape index (κ3) is 6.22. The fourth-order valence-corrected chi connectivity index (χ4v) is 2.99. The number of anilines is 1. The Morgan fingerprint density at radius 2 is 1.85 bits per heavy atom. The average molecular weight is 459 g/mol. The number of nitro groups is 1. The van der Waals surface area contributed by atoms with Crippen molar-refractivity contribution in [1.82, 2.24) is 0 Å². The van der Waals surface area contributed by atoms with Crippen molar-refractivity contribution < 1.29 is 27.6 Å². The number of ether oxygens (including phenoxy) is 2. The molecular weight excluding hydrogens is 439 g/mol. The van der Waals surface area contributed by atoms with E-state index < -0.39 is 16.7 Å². The van der Waals surface area contributed by atoms with Gasteiger partial charge in [-0.05, 0) is 42.8 Å². The number of benzene rings is 3. The van der Waals surface area contributed by atoms with Crippen molar-refractivity contribution in [3.05, 3.63) is 93.0 Å². The Bertz CT molecular complexity index is 1160. The monoisotopic (exact) mass is 459 g/mol. The van der Waals surface area contributed by atoms with E-state index in [0.29, 0.717) is 11.3 Å². The highest BCUT2D eigenvalue weighted by Crippen LogP contribution is 2.38. The first-order chi connectivity index (χ1) is 15.7. The number of nitrogens with zero attached hydrogens (tertiary/aromatic N) is 2. The Balaban J connectivity index is 1.78. The van der Waals surface area contributed by atoms with Crippen LogP contribution in [0.15, 0.2) is 65.8 Å². The highest BCUT2D eigenvalue weighted by atomic mass is 19.4. The van der Waals surface area contributed by atoms with E-state index in [1.807, 2.05) is 31.2 Å². The molecule has 0 radical (unpaired) electrons. The molecule has 0 fully saturated rings. The molecule has 0 saturated carbocycles. The Labute approximate surface area is 187 Å². The Kier molecular flexibility index (Phi) is 7.17. The van der Waals surface area contributed by atoms with Crippen molar-refractivity contribution in [2.45, 2.75) is 19.7 Å². The van der Waals surface area contributed by atoms with Crippen molar-refractivity contribution in [2.24, 2.45) is 5.10 Å². The molecule has 0 aromatic heterocycles. The third-order valence-electron chi connectivity index (χ3n) is 4.56. The van der Waals surface area contributed by atoms with Crippen LogP contribution in [-0.4, -0.2) is 18.2 Å². The largest absolute Gasteiger partial charge is 0.493 e. The fourth-order valence-electron chi connectivity index (χ4n) is 2.99. The van der Waals surface area contributed by atoms with Crippen LogP contribution in [0.3, 0.4) is 0 Å². The normalized spacial score (nSPS) is 11.4. The van der Waals surface area contributed by atoms with E-state index in [4.69, 9.17) is 9.47 Å². The summed E-state index contributed by atoms with van der Waals surface area (Å²) in [6.45, 7) is 2.04. The number of nitro benzene ring substituents is 1. The van der Waals surface area contributed by atoms with Crippen LogP contribution in [0.2, 0.25) is 0 Å². The summed E-state index contributed by atoms with van der Waals surface area (Å²) in [5.41, 5.74) is 4.03. The third-order valence-corrected chi connectivity index (χ3v) is 4.56. The van der Waals surface area contributed by atoms with Crippen molar-refractivity contribution in [2.75, 3.05) is 12.5 Å². The topological polar surface area (TPSA) is 86.0 Å². The van der Waals surface area contributed by atoms with Gasteiger partial charge in [-0.1, -0.05) is 29.8 Å². The molecule has 0 saturated heterocycles. The lowest BCUT2D eigenvalue weighted by molar-refractivity contribution is -0.386. The highest BCUT2D eigenvalue weighted by molar-refractivity contribution is 5.83. The number of hydrazone groups is 1. The van der Waals surface area contributed by atoms with E-state index in [9.17, 15) is 23.3 Å². The lowest BCUT2D eigenvalue weighted by atomic mass is 10.1. The highest BCUT2D eigenvalue weighted by Gasteiger charge is 2.29. The molecule has 0 spiro atoms. The lowest BCUT2D eigenvalue weighted by Crippen LogP contribution is -2.04. The molecular formula is C23H20F3N3O4. The number of hydrogen-bond donors (Lipinski definition) is 1. The van der Waals surface area contributed by atoms with E-state index in [1.165, 1.54) is 37.6 Å². The predicted molar refractivity (Wildman–Crippen MR) is 118 cm³/mol. The Hall–Kier alpha value is -4.08. The Morgan fingerprint density at radius 1 is 1.12 bits per heavy atom. The summed E-state index contributed by atoms with van der Waals surface area (Å²) in [5, 5.41) is 15.6. The summed E-state index contributed by atoms with van der Waals surface area (Å²) in [7, 11) is 1.36. The van der Waals surface area contributed by atoms with E-state index in [2.05, 4.69) is 10.5 Å². The summed E-state index contributed by atoms with van der Waals surface area (Å²) < 4.78 is 48.9. The minimum absolute atomic E-state index is 0.0168. The summed E-state index contributed by atoms with van der Waals surface area (Å²) >= 11 is 0.